The number of aryl methyl sites for hydroxylation is 1. The molecule has 0 saturated carbocycles. The summed E-state index contributed by atoms with van der Waals surface area (Å²) in [6, 6.07) is 9.63. The topological polar surface area (TPSA) is 47.3 Å². The molecule has 0 saturated heterocycles. The number of rotatable bonds is 6. The number of aliphatic hydroxyl groups is 1. The summed E-state index contributed by atoms with van der Waals surface area (Å²) < 4.78 is 7.63. The molecule has 1 aromatic heterocycles. The van der Waals surface area contributed by atoms with Crippen molar-refractivity contribution in [2.75, 3.05) is 6.61 Å². The molecule has 2 rings (SSSR count). The standard InChI is InChI=1S/C15H20N2O2/c1-3-14(18)13-6-4-5-7-15(13)19-11-9-12-8-10-16-17(12)2/h4-8,10,14,18H,3,9,11H2,1-2H3. The van der Waals surface area contributed by atoms with Crippen molar-refractivity contribution in [3.8, 4) is 5.75 Å². The van der Waals surface area contributed by atoms with Crippen molar-refractivity contribution in [1.29, 1.82) is 0 Å². The number of nitrogens with zero attached hydrogens (tertiary/aromatic N) is 2. The highest BCUT2D eigenvalue weighted by Crippen LogP contribution is 2.26. The van der Waals surface area contributed by atoms with Crippen LogP contribution in [-0.2, 0) is 13.5 Å². The highest BCUT2D eigenvalue weighted by atomic mass is 16.5. The molecule has 0 amide bonds. The molecule has 0 radical (unpaired) electrons. The van der Waals surface area contributed by atoms with Crippen molar-refractivity contribution >= 4 is 0 Å². The van der Waals surface area contributed by atoms with Crippen LogP contribution in [0.1, 0.15) is 30.7 Å². The van der Waals surface area contributed by atoms with Gasteiger partial charge >= 0.3 is 0 Å². The number of benzene rings is 1. The van der Waals surface area contributed by atoms with Gasteiger partial charge in [0, 0.05) is 30.9 Å². The third-order valence-electron chi connectivity index (χ3n) is 3.20. The number of para-hydroxylation sites is 1. The van der Waals surface area contributed by atoms with E-state index >= 15 is 0 Å². The summed E-state index contributed by atoms with van der Waals surface area (Å²) in [5.41, 5.74) is 1.99. The Bertz CT molecular complexity index is 522. The fourth-order valence-electron chi connectivity index (χ4n) is 2.02. The summed E-state index contributed by atoms with van der Waals surface area (Å²) in [7, 11) is 1.92. The van der Waals surface area contributed by atoms with Gasteiger partial charge in [-0.1, -0.05) is 25.1 Å². The zero-order valence-electron chi connectivity index (χ0n) is 11.4. The summed E-state index contributed by atoms with van der Waals surface area (Å²) in [6.45, 7) is 2.53. The Labute approximate surface area is 113 Å². The van der Waals surface area contributed by atoms with Crippen LogP contribution in [0.4, 0.5) is 0 Å². The summed E-state index contributed by atoms with van der Waals surface area (Å²) in [4.78, 5) is 0. The minimum Gasteiger partial charge on any atom is -0.493 e. The fourth-order valence-corrected chi connectivity index (χ4v) is 2.02. The van der Waals surface area contributed by atoms with Crippen LogP contribution in [0.3, 0.4) is 0 Å². The molecular formula is C15H20N2O2. The van der Waals surface area contributed by atoms with E-state index in [9.17, 15) is 5.11 Å². The smallest absolute Gasteiger partial charge is 0.125 e. The first-order chi connectivity index (χ1) is 9.22. The van der Waals surface area contributed by atoms with Crippen LogP contribution in [0.5, 0.6) is 5.75 Å². The largest absolute Gasteiger partial charge is 0.493 e. The minimum atomic E-state index is -0.465. The second-order valence-corrected chi connectivity index (χ2v) is 4.51. The van der Waals surface area contributed by atoms with Crippen molar-refractivity contribution in [1.82, 2.24) is 9.78 Å². The molecule has 4 nitrogen and oxygen atoms in total. The molecule has 0 aliphatic heterocycles. The third kappa shape index (κ3) is 3.35. The van der Waals surface area contributed by atoms with Gasteiger partial charge in [0.05, 0.1) is 12.7 Å². The molecule has 19 heavy (non-hydrogen) atoms. The quantitative estimate of drug-likeness (QED) is 0.868. The average molecular weight is 260 g/mol. The Balaban J connectivity index is 1.98. The van der Waals surface area contributed by atoms with Crippen molar-refractivity contribution < 1.29 is 9.84 Å². The van der Waals surface area contributed by atoms with Crippen molar-refractivity contribution in [2.24, 2.45) is 7.05 Å². The van der Waals surface area contributed by atoms with Gasteiger partial charge in [-0.3, -0.25) is 4.68 Å². The normalized spacial score (nSPS) is 12.4. The third-order valence-corrected chi connectivity index (χ3v) is 3.20. The van der Waals surface area contributed by atoms with E-state index in [1.54, 1.807) is 6.20 Å². The molecule has 1 aromatic carbocycles. The van der Waals surface area contributed by atoms with E-state index in [1.807, 2.05) is 49.0 Å². The van der Waals surface area contributed by atoms with Crippen molar-refractivity contribution in [3.63, 3.8) is 0 Å². The number of hydrogen-bond acceptors (Lipinski definition) is 3. The Morgan fingerprint density at radius 2 is 2.11 bits per heavy atom. The van der Waals surface area contributed by atoms with Gasteiger partial charge in [-0.15, -0.1) is 0 Å². The van der Waals surface area contributed by atoms with E-state index in [0.717, 1.165) is 23.4 Å². The Morgan fingerprint density at radius 1 is 1.32 bits per heavy atom. The number of aromatic nitrogens is 2. The van der Waals surface area contributed by atoms with E-state index < -0.39 is 6.10 Å². The molecule has 1 heterocycles. The van der Waals surface area contributed by atoms with Gasteiger partial charge in [0.15, 0.2) is 0 Å². The molecule has 1 atom stereocenters. The van der Waals surface area contributed by atoms with Crippen LogP contribution in [-0.4, -0.2) is 21.5 Å². The van der Waals surface area contributed by atoms with Gasteiger partial charge in [-0.2, -0.15) is 5.10 Å². The summed E-state index contributed by atoms with van der Waals surface area (Å²) >= 11 is 0. The molecule has 102 valence electrons. The Hall–Kier alpha value is -1.81. The second-order valence-electron chi connectivity index (χ2n) is 4.51. The molecular weight excluding hydrogens is 240 g/mol. The maximum Gasteiger partial charge on any atom is 0.125 e. The number of hydrogen-bond donors (Lipinski definition) is 1. The average Bonchev–Trinajstić information content (AvgIpc) is 2.84. The highest BCUT2D eigenvalue weighted by Gasteiger charge is 2.11. The van der Waals surface area contributed by atoms with Gasteiger partial charge < -0.3 is 9.84 Å². The molecule has 0 aliphatic rings. The zero-order chi connectivity index (χ0) is 13.7. The fraction of sp³-hybridized carbons (Fsp3) is 0.400. The second kappa shape index (κ2) is 6.38. The maximum absolute atomic E-state index is 9.94. The molecule has 4 heteroatoms. The van der Waals surface area contributed by atoms with Gasteiger partial charge in [0.1, 0.15) is 5.75 Å². The molecule has 1 unspecified atom stereocenters. The summed E-state index contributed by atoms with van der Waals surface area (Å²) in [5.74, 6) is 0.763. The van der Waals surface area contributed by atoms with Crippen LogP contribution in [0.25, 0.3) is 0 Å². The first-order valence-corrected chi connectivity index (χ1v) is 6.59. The van der Waals surface area contributed by atoms with Crippen LogP contribution < -0.4 is 4.74 Å². The highest BCUT2D eigenvalue weighted by molar-refractivity contribution is 5.35. The molecule has 0 fully saturated rings. The van der Waals surface area contributed by atoms with Gasteiger partial charge in [0.25, 0.3) is 0 Å². The lowest BCUT2D eigenvalue weighted by molar-refractivity contribution is 0.167. The van der Waals surface area contributed by atoms with E-state index in [4.69, 9.17) is 4.74 Å². The zero-order valence-corrected chi connectivity index (χ0v) is 11.4. The lowest BCUT2D eigenvalue weighted by Gasteiger charge is -2.14. The van der Waals surface area contributed by atoms with E-state index in [0.29, 0.717) is 13.0 Å². The molecule has 2 aromatic rings. The van der Waals surface area contributed by atoms with Crippen LogP contribution >= 0.6 is 0 Å². The maximum atomic E-state index is 9.94. The SMILES string of the molecule is CCC(O)c1ccccc1OCCc1ccnn1C. The van der Waals surface area contributed by atoms with Gasteiger partial charge in [-0.25, -0.2) is 0 Å². The van der Waals surface area contributed by atoms with Gasteiger partial charge in [0.2, 0.25) is 0 Å². The Morgan fingerprint density at radius 3 is 2.79 bits per heavy atom. The van der Waals surface area contributed by atoms with Crippen LogP contribution in [0, 0.1) is 0 Å². The molecule has 1 N–H and O–H groups in total. The molecule has 0 aliphatic carbocycles. The lowest BCUT2D eigenvalue weighted by atomic mass is 10.1. The van der Waals surface area contributed by atoms with Gasteiger partial charge in [-0.05, 0) is 18.6 Å². The molecule has 0 bridgehead atoms. The Kier molecular flexibility index (Phi) is 4.58. The van der Waals surface area contributed by atoms with Crippen molar-refractivity contribution in [2.45, 2.75) is 25.9 Å². The van der Waals surface area contributed by atoms with Crippen molar-refractivity contribution in [3.05, 3.63) is 47.8 Å². The number of ether oxygens (including phenoxy) is 1. The monoisotopic (exact) mass is 260 g/mol. The predicted octanol–water partition coefficient (Wildman–Crippen LogP) is 2.49. The lowest BCUT2D eigenvalue weighted by Crippen LogP contribution is -2.08. The first kappa shape index (κ1) is 13.6. The summed E-state index contributed by atoms with van der Waals surface area (Å²) in [6.07, 6.45) is 2.80. The number of aliphatic hydroxyl groups excluding tert-OH is 1. The first-order valence-electron chi connectivity index (χ1n) is 6.59. The predicted molar refractivity (Wildman–Crippen MR) is 74.1 cm³/mol. The van der Waals surface area contributed by atoms with E-state index in [1.165, 1.54) is 0 Å². The minimum absolute atomic E-state index is 0.465. The van der Waals surface area contributed by atoms with E-state index in [2.05, 4.69) is 5.10 Å². The van der Waals surface area contributed by atoms with Crippen LogP contribution in [0.15, 0.2) is 36.5 Å². The molecule has 0 spiro atoms. The van der Waals surface area contributed by atoms with E-state index in [-0.39, 0.29) is 0 Å². The van der Waals surface area contributed by atoms with Crippen LogP contribution in [0.2, 0.25) is 0 Å². The summed E-state index contributed by atoms with van der Waals surface area (Å²) in [5, 5.41) is 14.1.